The Hall–Kier alpha value is -1.87. The van der Waals surface area contributed by atoms with E-state index in [9.17, 15) is 4.79 Å². The maximum atomic E-state index is 12.6. The topological polar surface area (TPSA) is 32.3 Å². The number of anilines is 1. The largest absolute Gasteiger partial charge is 0.324 e. The third kappa shape index (κ3) is 3.14. The minimum Gasteiger partial charge on any atom is -0.324 e. The van der Waals surface area contributed by atoms with Gasteiger partial charge in [0.15, 0.2) is 0 Å². The van der Waals surface area contributed by atoms with Crippen LogP contribution in [0.4, 0.5) is 5.69 Å². The maximum Gasteiger partial charge on any atom is 0.241 e. The Bertz CT molecular complexity index is 662. The molecule has 2 aromatic carbocycles. The van der Waals surface area contributed by atoms with Crippen molar-refractivity contribution in [3.8, 4) is 0 Å². The van der Waals surface area contributed by atoms with E-state index in [1.807, 2.05) is 31.2 Å². The molecule has 0 aliphatic carbocycles. The molecule has 3 nitrogen and oxygen atoms in total. The van der Waals surface area contributed by atoms with Crippen molar-refractivity contribution in [1.82, 2.24) is 4.90 Å². The molecule has 3 rings (SSSR count). The molecule has 22 heavy (non-hydrogen) atoms. The lowest BCUT2D eigenvalue weighted by Crippen LogP contribution is -2.46. The van der Waals surface area contributed by atoms with Gasteiger partial charge in [0.05, 0.1) is 6.04 Å². The predicted molar refractivity (Wildman–Crippen MR) is 92.0 cm³/mol. The van der Waals surface area contributed by atoms with E-state index < -0.39 is 0 Å². The fraction of sp³-hybridized carbons (Fsp3) is 0.421. The number of nitrogens with zero attached hydrogens (tertiary/aromatic N) is 1. The van der Waals surface area contributed by atoms with E-state index >= 15 is 0 Å². The number of carbonyl (C=O) groups is 1. The van der Waals surface area contributed by atoms with E-state index in [0.29, 0.717) is 5.92 Å². The number of hydrogen-bond acceptors (Lipinski definition) is 2. The minimum atomic E-state index is -0.0817. The van der Waals surface area contributed by atoms with Gasteiger partial charge < -0.3 is 5.32 Å². The predicted octanol–water partition coefficient (Wildman–Crippen LogP) is 3.90. The lowest BCUT2D eigenvalue weighted by Gasteiger charge is -2.34. The van der Waals surface area contributed by atoms with E-state index in [0.717, 1.165) is 29.5 Å². The third-order valence-electron chi connectivity index (χ3n) is 4.66. The van der Waals surface area contributed by atoms with Crippen LogP contribution in [0.15, 0.2) is 42.5 Å². The summed E-state index contributed by atoms with van der Waals surface area (Å²) in [5, 5.41) is 5.36. The van der Waals surface area contributed by atoms with Crippen LogP contribution in [0.5, 0.6) is 0 Å². The zero-order chi connectivity index (χ0) is 15.5. The first-order valence-corrected chi connectivity index (χ1v) is 8.18. The quantitative estimate of drug-likeness (QED) is 0.931. The molecule has 1 heterocycles. The Balaban J connectivity index is 1.75. The summed E-state index contributed by atoms with van der Waals surface area (Å²) in [5.41, 5.74) is 0.903. The summed E-state index contributed by atoms with van der Waals surface area (Å²) in [6, 6.07) is 14.1. The Kier molecular flexibility index (Phi) is 4.44. The molecule has 1 amide bonds. The summed E-state index contributed by atoms with van der Waals surface area (Å²) in [4.78, 5) is 14.9. The smallest absolute Gasteiger partial charge is 0.241 e. The summed E-state index contributed by atoms with van der Waals surface area (Å²) in [7, 11) is 0. The number of nitrogens with one attached hydrogen (secondary N) is 1. The molecule has 0 aromatic heterocycles. The monoisotopic (exact) mass is 296 g/mol. The molecule has 116 valence electrons. The number of likely N-dealkylation sites (tertiary alicyclic amines) is 1. The van der Waals surface area contributed by atoms with Crippen molar-refractivity contribution in [2.45, 2.75) is 32.7 Å². The molecule has 2 aromatic rings. The Labute approximate surface area is 132 Å². The zero-order valence-corrected chi connectivity index (χ0v) is 13.4. The number of fused-ring (bicyclic) bond motifs is 1. The van der Waals surface area contributed by atoms with Gasteiger partial charge in [0, 0.05) is 17.6 Å². The summed E-state index contributed by atoms with van der Waals surface area (Å²) >= 11 is 0. The number of amides is 1. The zero-order valence-electron chi connectivity index (χ0n) is 13.4. The van der Waals surface area contributed by atoms with Crippen molar-refractivity contribution in [2.75, 3.05) is 18.4 Å². The van der Waals surface area contributed by atoms with Crippen LogP contribution in [0.2, 0.25) is 0 Å². The number of benzene rings is 2. The van der Waals surface area contributed by atoms with E-state index in [2.05, 4.69) is 35.3 Å². The van der Waals surface area contributed by atoms with Crippen LogP contribution in [-0.4, -0.2) is 29.9 Å². The Morgan fingerprint density at radius 3 is 2.82 bits per heavy atom. The fourth-order valence-electron chi connectivity index (χ4n) is 3.31. The van der Waals surface area contributed by atoms with Gasteiger partial charge in [-0.3, -0.25) is 9.69 Å². The second kappa shape index (κ2) is 6.49. The van der Waals surface area contributed by atoms with E-state index in [1.54, 1.807) is 0 Å². The molecule has 0 bridgehead atoms. The first kappa shape index (κ1) is 15.0. The summed E-state index contributed by atoms with van der Waals surface area (Å²) in [5.74, 6) is 0.770. The van der Waals surface area contributed by atoms with Crippen molar-refractivity contribution in [1.29, 1.82) is 0 Å². The number of rotatable bonds is 3. The third-order valence-corrected chi connectivity index (χ3v) is 4.66. The van der Waals surface area contributed by atoms with Gasteiger partial charge >= 0.3 is 0 Å². The maximum absolute atomic E-state index is 12.6. The number of hydrogen-bond donors (Lipinski definition) is 1. The Morgan fingerprint density at radius 2 is 2.00 bits per heavy atom. The average molecular weight is 296 g/mol. The van der Waals surface area contributed by atoms with Gasteiger partial charge in [-0.1, -0.05) is 43.3 Å². The van der Waals surface area contributed by atoms with Crippen LogP contribution < -0.4 is 5.32 Å². The first-order valence-electron chi connectivity index (χ1n) is 8.18. The molecule has 0 saturated carbocycles. The molecule has 1 aliphatic rings. The van der Waals surface area contributed by atoms with E-state index in [-0.39, 0.29) is 11.9 Å². The second-order valence-corrected chi connectivity index (χ2v) is 6.43. The normalized spacial score (nSPS) is 20.7. The van der Waals surface area contributed by atoms with Gasteiger partial charge in [-0.15, -0.1) is 0 Å². The van der Waals surface area contributed by atoms with Crippen molar-refractivity contribution in [3.63, 3.8) is 0 Å². The van der Waals surface area contributed by atoms with Crippen LogP contribution >= 0.6 is 0 Å². The number of piperidine rings is 1. The molecule has 1 N–H and O–H groups in total. The van der Waals surface area contributed by atoms with Gasteiger partial charge in [-0.25, -0.2) is 0 Å². The molecule has 2 atom stereocenters. The van der Waals surface area contributed by atoms with Crippen molar-refractivity contribution in [2.24, 2.45) is 5.92 Å². The van der Waals surface area contributed by atoms with Crippen LogP contribution in [0.1, 0.15) is 26.7 Å². The number of carbonyl (C=O) groups excluding carboxylic acids is 1. The molecule has 3 heteroatoms. The van der Waals surface area contributed by atoms with Gasteiger partial charge in [-0.05, 0) is 43.7 Å². The van der Waals surface area contributed by atoms with Crippen molar-refractivity contribution < 1.29 is 4.79 Å². The van der Waals surface area contributed by atoms with Crippen molar-refractivity contribution in [3.05, 3.63) is 42.5 Å². The molecule has 0 unspecified atom stereocenters. The lowest BCUT2D eigenvalue weighted by molar-refractivity contribution is -0.121. The molecule has 1 fully saturated rings. The highest BCUT2D eigenvalue weighted by Crippen LogP contribution is 2.24. The minimum absolute atomic E-state index is 0.0817. The fourth-order valence-corrected chi connectivity index (χ4v) is 3.31. The highest BCUT2D eigenvalue weighted by atomic mass is 16.2. The average Bonchev–Trinajstić information content (AvgIpc) is 2.54. The molecule has 1 saturated heterocycles. The SMILES string of the molecule is C[C@@H]1CCCN([C@H](C)C(=O)Nc2cccc3ccccc23)C1. The molecular weight excluding hydrogens is 272 g/mol. The molecular formula is C19H24N2O. The van der Waals surface area contributed by atoms with Crippen LogP contribution in [0, 0.1) is 5.92 Å². The summed E-state index contributed by atoms with van der Waals surface area (Å²) in [6.07, 6.45) is 2.46. The molecule has 0 radical (unpaired) electrons. The first-order chi connectivity index (χ1) is 10.6. The van der Waals surface area contributed by atoms with Gasteiger partial charge in [0.1, 0.15) is 0 Å². The van der Waals surface area contributed by atoms with Crippen LogP contribution in [-0.2, 0) is 4.79 Å². The van der Waals surface area contributed by atoms with Gasteiger partial charge in [0.25, 0.3) is 0 Å². The standard InChI is InChI=1S/C19H24N2O/c1-14-7-6-12-21(13-14)15(2)19(22)20-18-11-5-9-16-8-3-4-10-17(16)18/h3-5,8-11,14-15H,6-7,12-13H2,1-2H3,(H,20,22)/t14-,15-/m1/s1. The van der Waals surface area contributed by atoms with Crippen molar-refractivity contribution >= 4 is 22.4 Å². The molecule has 1 aliphatic heterocycles. The van der Waals surface area contributed by atoms with E-state index in [4.69, 9.17) is 0 Å². The lowest BCUT2D eigenvalue weighted by atomic mass is 9.99. The van der Waals surface area contributed by atoms with Gasteiger partial charge in [-0.2, -0.15) is 0 Å². The Morgan fingerprint density at radius 1 is 1.23 bits per heavy atom. The highest BCUT2D eigenvalue weighted by molar-refractivity contribution is 6.03. The second-order valence-electron chi connectivity index (χ2n) is 6.43. The molecule has 0 spiro atoms. The summed E-state index contributed by atoms with van der Waals surface area (Å²) in [6.45, 7) is 6.32. The highest BCUT2D eigenvalue weighted by Gasteiger charge is 2.25. The summed E-state index contributed by atoms with van der Waals surface area (Å²) < 4.78 is 0. The van der Waals surface area contributed by atoms with E-state index in [1.165, 1.54) is 12.8 Å². The van der Waals surface area contributed by atoms with Crippen LogP contribution in [0.25, 0.3) is 10.8 Å². The van der Waals surface area contributed by atoms with Gasteiger partial charge in [0.2, 0.25) is 5.91 Å². The van der Waals surface area contributed by atoms with Crippen LogP contribution in [0.3, 0.4) is 0 Å².